The number of benzene rings is 2. The van der Waals surface area contributed by atoms with Crippen molar-refractivity contribution < 1.29 is 13.9 Å². The number of rotatable bonds is 5. The van der Waals surface area contributed by atoms with Crippen LogP contribution in [0.1, 0.15) is 44.5 Å². The standard InChI is InChI=1S/C24H25FN4O2S/c1-14(2)11-12-32-24-26-22-21(27-28-24)18-13-15(3)9-10-20(18)29(16(4)30)23(31-22)17-7-5-6-8-19(17)25/h5-10,13-14,23H,11-12H2,1-4H3. The molecule has 32 heavy (non-hydrogen) atoms. The number of aryl methyl sites for hydroxylation is 1. The Morgan fingerprint density at radius 1 is 1.22 bits per heavy atom. The largest absolute Gasteiger partial charge is 0.447 e. The third-order valence-electron chi connectivity index (χ3n) is 5.20. The molecule has 0 fully saturated rings. The number of anilines is 1. The van der Waals surface area contributed by atoms with Crippen LogP contribution in [0.25, 0.3) is 11.3 Å². The quantitative estimate of drug-likeness (QED) is 0.472. The van der Waals surface area contributed by atoms with Crippen LogP contribution in [-0.2, 0) is 4.79 Å². The summed E-state index contributed by atoms with van der Waals surface area (Å²) in [5, 5.41) is 9.19. The lowest BCUT2D eigenvalue weighted by atomic mass is 10.0. The van der Waals surface area contributed by atoms with E-state index in [1.54, 1.807) is 18.2 Å². The Morgan fingerprint density at radius 3 is 2.72 bits per heavy atom. The lowest BCUT2D eigenvalue weighted by Gasteiger charge is -2.30. The van der Waals surface area contributed by atoms with Gasteiger partial charge in [0.15, 0.2) is 5.69 Å². The monoisotopic (exact) mass is 452 g/mol. The number of carbonyl (C=O) groups is 1. The second-order valence-corrected chi connectivity index (χ2v) is 9.24. The summed E-state index contributed by atoms with van der Waals surface area (Å²) in [6, 6.07) is 11.9. The van der Waals surface area contributed by atoms with E-state index >= 15 is 0 Å². The predicted octanol–water partition coefficient (Wildman–Crippen LogP) is 5.57. The summed E-state index contributed by atoms with van der Waals surface area (Å²) < 4.78 is 21.0. The zero-order chi connectivity index (χ0) is 22.8. The van der Waals surface area contributed by atoms with E-state index in [4.69, 9.17) is 4.74 Å². The number of amides is 1. The molecule has 0 saturated heterocycles. The average Bonchev–Trinajstić information content (AvgIpc) is 2.88. The summed E-state index contributed by atoms with van der Waals surface area (Å²) in [5.74, 6) is 0.905. The predicted molar refractivity (Wildman–Crippen MR) is 123 cm³/mol. The third kappa shape index (κ3) is 4.46. The van der Waals surface area contributed by atoms with E-state index in [9.17, 15) is 9.18 Å². The lowest BCUT2D eigenvalue weighted by Crippen LogP contribution is -2.36. The van der Waals surface area contributed by atoms with Gasteiger partial charge in [-0.25, -0.2) is 4.39 Å². The van der Waals surface area contributed by atoms with Gasteiger partial charge in [0.2, 0.25) is 23.2 Å². The van der Waals surface area contributed by atoms with Crippen LogP contribution in [0.3, 0.4) is 0 Å². The zero-order valence-electron chi connectivity index (χ0n) is 18.5. The Hall–Kier alpha value is -3.00. The van der Waals surface area contributed by atoms with Crippen molar-refractivity contribution in [3.8, 4) is 17.1 Å². The van der Waals surface area contributed by atoms with E-state index in [0.717, 1.165) is 17.7 Å². The van der Waals surface area contributed by atoms with E-state index in [1.807, 2.05) is 25.1 Å². The first-order valence-electron chi connectivity index (χ1n) is 10.5. The number of thioether (sulfide) groups is 1. The molecule has 8 heteroatoms. The molecule has 1 atom stereocenters. The summed E-state index contributed by atoms with van der Waals surface area (Å²) in [6.45, 7) is 7.71. The van der Waals surface area contributed by atoms with E-state index in [0.29, 0.717) is 28.0 Å². The minimum Gasteiger partial charge on any atom is -0.447 e. The van der Waals surface area contributed by atoms with E-state index in [-0.39, 0.29) is 17.4 Å². The molecule has 1 unspecified atom stereocenters. The van der Waals surface area contributed by atoms with Crippen LogP contribution in [0.15, 0.2) is 47.6 Å². The van der Waals surface area contributed by atoms with Crippen LogP contribution in [0.2, 0.25) is 0 Å². The van der Waals surface area contributed by atoms with Gasteiger partial charge in [0, 0.05) is 23.8 Å². The van der Waals surface area contributed by atoms with Crippen molar-refractivity contribution in [2.75, 3.05) is 10.7 Å². The highest BCUT2D eigenvalue weighted by atomic mass is 32.2. The van der Waals surface area contributed by atoms with Crippen molar-refractivity contribution in [3.63, 3.8) is 0 Å². The minimum absolute atomic E-state index is 0.232. The molecule has 6 nitrogen and oxygen atoms in total. The molecule has 2 heterocycles. The molecule has 0 aliphatic carbocycles. The van der Waals surface area contributed by atoms with Gasteiger partial charge in [0.25, 0.3) is 0 Å². The molecule has 0 bridgehead atoms. The zero-order valence-corrected chi connectivity index (χ0v) is 19.3. The van der Waals surface area contributed by atoms with Crippen LogP contribution in [0.4, 0.5) is 10.1 Å². The van der Waals surface area contributed by atoms with E-state index < -0.39 is 12.0 Å². The second-order valence-electron chi connectivity index (χ2n) is 8.18. The molecule has 1 amide bonds. The van der Waals surface area contributed by atoms with Crippen LogP contribution in [0, 0.1) is 18.7 Å². The summed E-state index contributed by atoms with van der Waals surface area (Å²) in [6.07, 6.45) is -0.00846. The Kier molecular flexibility index (Phi) is 6.41. The highest BCUT2D eigenvalue weighted by Crippen LogP contribution is 2.44. The molecule has 4 rings (SSSR count). The van der Waals surface area contributed by atoms with Crippen molar-refractivity contribution in [1.29, 1.82) is 0 Å². The first-order chi connectivity index (χ1) is 15.3. The van der Waals surface area contributed by atoms with Crippen LogP contribution >= 0.6 is 11.8 Å². The summed E-state index contributed by atoms with van der Waals surface area (Å²) in [7, 11) is 0. The number of aromatic nitrogens is 3. The SMILES string of the molecule is CC(=O)N1c2ccc(C)cc2-c2nnc(SCCC(C)C)nc2OC1c1ccccc1F. The maximum atomic E-state index is 14.8. The second kappa shape index (κ2) is 9.24. The molecule has 3 aromatic rings. The van der Waals surface area contributed by atoms with Gasteiger partial charge in [0.1, 0.15) is 5.82 Å². The Balaban J connectivity index is 1.86. The molecule has 166 valence electrons. The number of ether oxygens (including phenoxy) is 1. The molecule has 0 saturated carbocycles. The number of hydrogen-bond acceptors (Lipinski definition) is 6. The first kappa shape index (κ1) is 22.2. The van der Waals surface area contributed by atoms with Crippen molar-refractivity contribution in [3.05, 3.63) is 59.4 Å². The number of carbonyl (C=O) groups excluding carboxylic acids is 1. The van der Waals surface area contributed by atoms with Gasteiger partial charge < -0.3 is 4.74 Å². The highest BCUT2D eigenvalue weighted by Gasteiger charge is 2.36. The van der Waals surface area contributed by atoms with E-state index in [2.05, 4.69) is 29.0 Å². The fourth-order valence-corrected chi connectivity index (χ4v) is 4.56. The Labute approximate surface area is 191 Å². The molecule has 0 spiro atoms. The lowest BCUT2D eigenvalue weighted by molar-refractivity contribution is -0.118. The van der Waals surface area contributed by atoms with Gasteiger partial charge in [-0.3, -0.25) is 9.69 Å². The molecule has 1 aliphatic rings. The van der Waals surface area contributed by atoms with Gasteiger partial charge in [-0.05, 0) is 37.5 Å². The van der Waals surface area contributed by atoms with Gasteiger partial charge in [-0.1, -0.05) is 55.4 Å². The summed E-state index contributed by atoms with van der Waals surface area (Å²) in [5.41, 5.74) is 2.91. The van der Waals surface area contributed by atoms with Crippen molar-refractivity contribution >= 4 is 23.4 Å². The maximum Gasteiger partial charge on any atom is 0.247 e. The van der Waals surface area contributed by atoms with Crippen LogP contribution in [0.5, 0.6) is 5.88 Å². The van der Waals surface area contributed by atoms with Crippen LogP contribution in [-0.4, -0.2) is 26.8 Å². The fourth-order valence-electron chi connectivity index (χ4n) is 3.54. The first-order valence-corrected chi connectivity index (χ1v) is 11.5. The van der Waals surface area contributed by atoms with Gasteiger partial charge in [-0.2, -0.15) is 4.98 Å². The Bertz CT molecular complexity index is 1150. The third-order valence-corrected chi connectivity index (χ3v) is 6.07. The Morgan fingerprint density at radius 2 is 2.00 bits per heavy atom. The maximum absolute atomic E-state index is 14.8. The number of fused-ring (bicyclic) bond motifs is 3. The van der Waals surface area contributed by atoms with Gasteiger partial charge >= 0.3 is 0 Å². The average molecular weight is 453 g/mol. The van der Waals surface area contributed by atoms with Gasteiger partial charge in [0.05, 0.1) is 5.69 Å². The van der Waals surface area contributed by atoms with Crippen molar-refractivity contribution in [2.24, 2.45) is 5.92 Å². The van der Waals surface area contributed by atoms with E-state index in [1.165, 1.54) is 29.7 Å². The molecule has 0 radical (unpaired) electrons. The fraction of sp³-hybridized carbons (Fsp3) is 0.333. The highest BCUT2D eigenvalue weighted by molar-refractivity contribution is 7.99. The van der Waals surface area contributed by atoms with Crippen LogP contribution < -0.4 is 9.64 Å². The normalized spacial score (nSPS) is 15.1. The molecule has 1 aromatic heterocycles. The molecular formula is C24H25FN4O2S. The number of halogens is 1. The summed E-state index contributed by atoms with van der Waals surface area (Å²) in [4.78, 5) is 18.8. The molecule has 1 aliphatic heterocycles. The molecule has 2 aromatic carbocycles. The molecular weight excluding hydrogens is 427 g/mol. The number of nitrogens with zero attached hydrogens (tertiary/aromatic N) is 4. The van der Waals surface area contributed by atoms with Crippen molar-refractivity contribution in [2.45, 2.75) is 45.5 Å². The smallest absolute Gasteiger partial charge is 0.247 e. The minimum atomic E-state index is -1.03. The molecule has 0 N–H and O–H groups in total. The number of hydrogen-bond donors (Lipinski definition) is 0. The van der Waals surface area contributed by atoms with Gasteiger partial charge in [-0.15, -0.1) is 10.2 Å². The topological polar surface area (TPSA) is 68.2 Å². The summed E-state index contributed by atoms with van der Waals surface area (Å²) >= 11 is 1.50. The van der Waals surface area contributed by atoms with Crippen molar-refractivity contribution in [1.82, 2.24) is 15.2 Å².